The third-order valence-electron chi connectivity index (χ3n) is 4.68. The van der Waals surface area contributed by atoms with Gasteiger partial charge in [-0.05, 0) is 24.1 Å². The molecular weight excluding hydrogens is 390 g/mol. The molecule has 0 spiro atoms. The van der Waals surface area contributed by atoms with Crippen molar-refractivity contribution < 1.29 is 14.4 Å². The topological polar surface area (TPSA) is 85.3 Å². The highest BCUT2D eigenvalue weighted by molar-refractivity contribution is 7.99. The van der Waals surface area contributed by atoms with Crippen LogP contribution >= 0.6 is 11.8 Å². The predicted molar refractivity (Wildman–Crippen MR) is 109 cm³/mol. The quantitative estimate of drug-likeness (QED) is 0.600. The number of carbonyl (C=O) groups is 1. The fourth-order valence-corrected chi connectivity index (χ4v) is 3.93. The molecule has 1 amide bonds. The average molecular weight is 414 g/mol. The number of likely N-dealkylation sites (tertiary alicyclic amines) is 1. The van der Waals surface area contributed by atoms with E-state index in [1.807, 2.05) is 30.5 Å². The molecule has 0 saturated carbocycles. The Labute approximate surface area is 173 Å². The Hall–Kier alpha value is -2.94. The Bertz CT molecular complexity index is 876. The monoisotopic (exact) mass is 413 g/mol. The van der Waals surface area contributed by atoms with Crippen LogP contribution in [0.5, 0.6) is 5.75 Å². The Morgan fingerprint density at radius 3 is 2.72 bits per heavy atom. The first kappa shape index (κ1) is 19.4. The Kier molecular flexibility index (Phi) is 6.35. The summed E-state index contributed by atoms with van der Waals surface area (Å²) in [6.07, 6.45) is 10.8. The third-order valence-corrected chi connectivity index (χ3v) is 5.59. The number of carbonyl (C=O) groups excluding carboxylic acids is 1. The van der Waals surface area contributed by atoms with Gasteiger partial charge in [0.2, 0.25) is 0 Å². The van der Waals surface area contributed by atoms with Gasteiger partial charge < -0.3 is 19.5 Å². The summed E-state index contributed by atoms with van der Waals surface area (Å²) in [6, 6.07) is 7.69. The lowest BCUT2D eigenvalue weighted by molar-refractivity contribution is -0.0000187. The lowest BCUT2D eigenvalue weighted by Crippen LogP contribution is -2.44. The minimum Gasteiger partial charge on any atom is -0.410 e. The molecule has 2 aromatic heterocycles. The molecule has 29 heavy (non-hydrogen) atoms. The van der Waals surface area contributed by atoms with Gasteiger partial charge >= 0.3 is 6.09 Å². The number of thioether (sulfide) groups is 1. The number of amides is 1. The lowest BCUT2D eigenvalue weighted by Gasteiger charge is -2.31. The van der Waals surface area contributed by atoms with Crippen LogP contribution in [0.2, 0.25) is 0 Å². The van der Waals surface area contributed by atoms with Crippen LogP contribution in [0.4, 0.5) is 4.79 Å². The molecule has 8 nitrogen and oxygen atoms in total. The highest BCUT2D eigenvalue weighted by atomic mass is 32.2. The molecular formula is C20H23N5O3S. The van der Waals surface area contributed by atoms with Gasteiger partial charge in [-0.15, -0.1) is 0 Å². The van der Waals surface area contributed by atoms with Gasteiger partial charge in [0.15, 0.2) is 5.16 Å². The molecule has 1 aliphatic rings. The molecule has 1 aliphatic heterocycles. The predicted octanol–water partition coefficient (Wildman–Crippen LogP) is 3.03. The van der Waals surface area contributed by atoms with E-state index in [1.165, 1.54) is 5.56 Å². The van der Waals surface area contributed by atoms with Crippen LogP contribution in [-0.4, -0.2) is 55.6 Å². The fourth-order valence-electron chi connectivity index (χ4n) is 3.11. The summed E-state index contributed by atoms with van der Waals surface area (Å²) in [7, 11) is 0. The van der Waals surface area contributed by atoms with E-state index in [1.54, 1.807) is 46.3 Å². The van der Waals surface area contributed by atoms with E-state index in [-0.39, 0.29) is 12.2 Å². The van der Waals surface area contributed by atoms with Crippen molar-refractivity contribution in [3.8, 4) is 5.75 Å². The second-order valence-corrected chi connectivity index (χ2v) is 7.80. The first-order chi connectivity index (χ1) is 14.3. The molecule has 0 bridgehead atoms. The van der Waals surface area contributed by atoms with Crippen LogP contribution in [0, 0.1) is 0 Å². The third kappa shape index (κ3) is 5.54. The Morgan fingerprint density at radius 1 is 1.21 bits per heavy atom. The zero-order valence-corrected chi connectivity index (χ0v) is 16.8. The van der Waals surface area contributed by atoms with Crippen molar-refractivity contribution in [2.24, 2.45) is 0 Å². The molecule has 1 saturated heterocycles. The number of piperidine rings is 1. The highest BCUT2D eigenvalue weighted by Crippen LogP contribution is 2.19. The Balaban J connectivity index is 1.19. The largest absolute Gasteiger partial charge is 0.415 e. The van der Waals surface area contributed by atoms with E-state index in [9.17, 15) is 4.79 Å². The molecule has 1 aromatic carbocycles. The number of aromatic amines is 1. The molecule has 1 fully saturated rings. The van der Waals surface area contributed by atoms with Crippen molar-refractivity contribution >= 4 is 17.9 Å². The molecule has 3 heterocycles. The highest BCUT2D eigenvalue weighted by Gasteiger charge is 2.25. The molecule has 0 unspecified atom stereocenters. The van der Waals surface area contributed by atoms with Crippen molar-refractivity contribution in [1.29, 1.82) is 0 Å². The number of H-pyrrole nitrogens is 1. The molecule has 4 rings (SSSR count). The number of hydrogen-bond acceptors (Lipinski definition) is 6. The molecule has 152 valence electrons. The van der Waals surface area contributed by atoms with E-state index in [0.29, 0.717) is 18.8 Å². The minimum absolute atomic E-state index is 0.0755. The van der Waals surface area contributed by atoms with E-state index >= 15 is 0 Å². The minimum atomic E-state index is -0.313. The molecule has 0 aliphatic carbocycles. The number of nitrogens with one attached hydrogen (secondary N) is 1. The van der Waals surface area contributed by atoms with Gasteiger partial charge in [-0.1, -0.05) is 23.9 Å². The zero-order valence-electron chi connectivity index (χ0n) is 15.9. The lowest BCUT2D eigenvalue weighted by atomic mass is 10.1. The molecule has 0 radical (unpaired) electrons. The van der Waals surface area contributed by atoms with Gasteiger partial charge in [0.1, 0.15) is 18.2 Å². The van der Waals surface area contributed by atoms with Crippen molar-refractivity contribution in [3.05, 3.63) is 60.9 Å². The van der Waals surface area contributed by atoms with Gasteiger partial charge in [0.25, 0.3) is 0 Å². The number of nitrogens with zero attached hydrogens (tertiary/aromatic N) is 4. The molecule has 3 aromatic rings. The zero-order chi connectivity index (χ0) is 19.9. The maximum absolute atomic E-state index is 12.4. The van der Waals surface area contributed by atoms with Crippen LogP contribution in [-0.2, 0) is 6.42 Å². The van der Waals surface area contributed by atoms with E-state index < -0.39 is 0 Å². The SMILES string of the molecule is O=C(Oc1ccc(CCSc2ncc[nH]2)cc1)N1CCC(On2ccnc2)CC1. The van der Waals surface area contributed by atoms with Gasteiger partial charge in [0.05, 0.1) is 6.20 Å². The van der Waals surface area contributed by atoms with Crippen LogP contribution in [0.25, 0.3) is 0 Å². The van der Waals surface area contributed by atoms with Gasteiger partial charge in [0, 0.05) is 50.3 Å². The number of imidazole rings is 2. The van der Waals surface area contributed by atoms with Crippen molar-refractivity contribution in [2.75, 3.05) is 18.8 Å². The second-order valence-electron chi connectivity index (χ2n) is 6.72. The van der Waals surface area contributed by atoms with Gasteiger partial charge in [-0.25, -0.2) is 14.8 Å². The number of rotatable bonds is 7. The number of aromatic nitrogens is 4. The maximum atomic E-state index is 12.4. The second kappa shape index (κ2) is 9.51. The summed E-state index contributed by atoms with van der Waals surface area (Å²) in [5, 5.41) is 0.926. The van der Waals surface area contributed by atoms with Crippen LogP contribution in [0.15, 0.2) is 60.5 Å². The average Bonchev–Trinajstić information content (AvgIpc) is 3.44. The smallest absolute Gasteiger partial charge is 0.410 e. The van der Waals surface area contributed by atoms with E-state index in [0.717, 1.165) is 30.2 Å². The van der Waals surface area contributed by atoms with Crippen molar-refractivity contribution in [1.82, 2.24) is 24.6 Å². The summed E-state index contributed by atoms with van der Waals surface area (Å²) in [5.41, 5.74) is 1.20. The van der Waals surface area contributed by atoms with Gasteiger partial charge in [-0.3, -0.25) is 0 Å². The van der Waals surface area contributed by atoms with Crippen molar-refractivity contribution in [3.63, 3.8) is 0 Å². The fraction of sp³-hybridized carbons (Fsp3) is 0.350. The summed E-state index contributed by atoms with van der Waals surface area (Å²) in [6.45, 7) is 1.22. The summed E-state index contributed by atoms with van der Waals surface area (Å²) < 4.78 is 7.13. The van der Waals surface area contributed by atoms with Gasteiger partial charge in [-0.2, -0.15) is 4.73 Å². The number of hydrogen-bond donors (Lipinski definition) is 1. The standard InChI is InChI=1S/C20H23N5O3S/c26-20(24-11-5-18(6-12-24)28-25-13-10-21-15-25)27-17-3-1-16(2-4-17)7-14-29-19-22-8-9-23-19/h1-4,8-10,13,15,18H,5-7,11-12,14H2,(H,22,23). The van der Waals surface area contributed by atoms with Crippen LogP contribution in [0.3, 0.4) is 0 Å². The summed E-state index contributed by atoms with van der Waals surface area (Å²) >= 11 is 1.68. The normalized spacial score (nSPS) is 14.7. The van der Waals surface area contributed by atoms with E-state index in [2.05, 4.69) is 15.0 Å². The summed E-state index contributed by atoms with van der Waals surface area (Å²) in [4.78, 5) is 31.1. The number of benzene rings is 1. The number of aryl methyl sites for hydroxylation is 1. The van der Waals surface area contributed by atoms with Crippen LogP contribution in [0.1, 0.15) is 18.4 Å². The van der Waals surface area contributed by atoms with E-state index in [4.69, 9.17) is 9.57 Å². The molecule has 0 atom stereocenters. The first-order valence-corrected chi connectivity index (χ1v) is 10.6. The first-order valence-electron chi connectivity index (χ1n) is 9.59. The maximum Gasteiger partial charge on any atom is 0.415 e. The summed E-state index contributed by atoms with van der Waals surface area (Å²) in [5.74, 6) is 1.50. The number of ether oxygens (including phenoxy) is 1. The Morgan fingerprint density at radius 2 is 2.03 bits per heavy atom. The molecule has 1 N–H and O–H groups in total. The molecule has 9 heteroatoms. The van der Waals surface area contributed by atoms with Crippen LogP contribution < -0.4 is 9.57 Å². The van der Waals surface area contributed by atoms with Crippen molar-refractivity contribution in [2.45, 2.75) is 30.5 Å².